The minimum Gasteiger partial charge on any atom is -0.482 e. The van der Waals surface area contributed by atoms with E-state index in [0.717, 1.165) is 17.2 Å². The first-order valence-electron chi connectivity index (χ1n) is 6.71. The van der Waals surface area contributed by atoms with Gasteiger partial charge in [0, 0.05) is 12.1 Å². The van der Waals surface area contributed by atoms with Crippen molar-refractivity contribution in [1.82, 2.24) is 0 Å². The largest absolute Gasteiger partial charge is 0.482 e. The van der Waals surface area contributed by atoms with E-state index in [2.05, 4.69) is 0 Å². The van der Waals surface area contributed by atoms with E-state index in [1.807, 2.05) is 32.0 Å². The third-order valence-electron chi connectivity index (χ3n) is 3.04. The Morgan fingerprint density at radius 2 is 1.91 bits per heavy atom. The van der Waals surface area contributed by atoms with Gasteiger partial charge in [0.2, 0.25) is 0 Å². The summed E-state index contributed by atoms with van der Waals surface area (Å²) in [6.07, 6.45) is 0. The number of nitrogens with zero attached hydrogens (tertiary/aromatic N) is 1. The molecule has 0 atom stereocenters. The van der Waals surface area contributed by atoms with Gasteiger partial charge in [-0.25, -0.2) is 4.79 Å². The summed E-state index contributed by atoms with van der Waals surface area (Å²) in [6, 6.07) is 9.26. The van der Waals surface area contributed by atoms with Crippen LogP contribution >= 0.6 is 11.6 Å². The summed E-state index contributed by atoms with van der Waals surface area (Å²) < 4.78 is 10.5. The summed E-state index contributed by atoms with van der Waals surface area (Å²) in [5.74, 6) is -0.00904. The maximum Gasteiger partial charge on any atom is 0.349 e. The predicted molar refractivity (Wildman–Crippen MR) is 85.2 cm³/mol. The number of nitro groups is 1. The van der Waals surface area contributed by atoms with Crippen molar-refractivity contribution in [2.24, 2.45) is 0 Å². The zero-order valence-electron chi connectivity index (χ0n) is 12.5. The zero-order valence-corrected chi connectivity index (χ0v) is 13.3. The number of rotatable bonds is 5. The molecule has 0 amide bonds. The molecule has 0 aliphatic carbocycles. The second-order valence-corrected chi connectivity index (χ2v) is 5.31. The molecule has 2 rings (SSSR count). The van der Waals surface area contributed by atoms with Crippen molar-refractivity contribution >= 4 is 23.3 Å². The van der Waals surface area contributed by atoms with E-state index in [1.165, 1.54) is 12.1 Å². The molecule has 0 heterocycles. The van der Waals surface area contributed by atoms with Crippen molar-refractivity contribution in [3.63, 3.8) is 0 Å². The van der Waals surface area contributed by atoms with Crippen LogP contribution in [0, 0.1) is 24.0 Å². The number of hydrogen-bond donors (Lipinski definition) is 0. The van der Waals surface area contributed by atoms with Crippen molar-refractivity contribution < 1.29 is 19.2 Å². The number of esters is 1. The lowest BCUT2D eigenvalue weighted by atomic mass is 10.1. The summed E-state index contributed by atoms with van der Waals surface area (Å²) in [5, 5.41) is 10.6. The molecule has 2 aromatic rings. The third-order valence-corrected chi connectivity index (χ3v) is 3.33. The summed E-state index contributed by atoms with van der Waals surface area (Å²) in [4.78, 5) is 21.9. The number of benzene rings is 2. The van der Waals surface area contributed by atoms with Crippen molar-refractivity contribution in [2.45, 2.75) is 13.8 Å². The number of halogens is 1. The molecule has 23 heavy (non-hydrogen) atoms. The molecule has 0 bridgehead atoms. The Hall–Kier alpha value is -2.60. The number of aryl methyl sites for hydroxylation is 2. The Labute approximate surface area is 137 Å². The minimum atomic E-state index is -0.651. The molecule has 7 heteroatoms. The smallest absolute Gasteiger partial charge is 0.349 e. The molecular formula is C16H14ClNO5. The van der Waals surface area contributed by atoms with Crippen LogP contribution in [0.25, 0.3) is 0 Å². The lowest BCUT2D eigenvalue weighted by Gasteiger charge is -2.10. The fourth-order valence-corrected chi connectivity index (χ4v) is 2.05. The van der Waals surface area contributed by atoms with E-state index in [1.54, 1.807) is 0 Å². The molecule has 120 valence electrons. The van der Waals surface area contributed by atoms with E-state index in [0.29, 0.717) is 5.75 Å². The Balaban J connectivity index is 2.00. The fourth-order valence-electron chi connectivity index (χ4n) is 1.84. The average molecular weight is 336 g/mol. The lowest BCUT2D eigenvalue weighted by Crippen LogP contribution is -2.18. The molecule has 0 saturated carbocycles. The van der Waals surface area contributed by atoms with Gasteiger partial charge >= 0.3 is 5.97 Å². The molecule has 0 spiro atoms. The Kier molecular flexibility index (Phi) is 5.18. The maximum atomic E-state index is 11.8. The third kappa shape index (κ3) is 4.43. The van der Waals surface area contributed by atoms with Crippen LogP contribution in [0.15, 0.2) is 36.4 Å². The molecule has 0 aliphatic rings. The molecular weight excluding hydrogens is 322 g/mol. The number of carbonyl (C=O) groups excluding carboxylic acids is 1. The number of non-ortho nitro benzene ring substituents is 1. The summed E-state index contributed by atoms with van der Waals surface area (Å²) in [6.45, 7) is 3.49. The van der Waals surface area contributed by atoms with Crippen LogP contribution in [0.2, 0.25) is 5.02 Å². The van der Waals surface area contributed by atoms with Gasteiger partial charge in [-0.1, -0.05) is 23.7 Å². The quantitative estimate of drug-likeness (QED) is 0.359. The first kappa shape index (κ1) is 16.8. The minimum absolute atomic E-state index is 0.0145. The van der Waals surface area contributed by atoms with Crippen LogP contribution < -0.4 is 9.47 Å². The fraction of sp³-hybridized carbons (Fsp3) is 0.188. The normalized spacial score (nSPS) is 10.2. The molecule has 2 aromatic carbocycles. The predicted octanol–water partition coefficient (Wildman–Crippen LogP) is 3.85. The number of carbonyl (C=O) groups is 1. The van der Waals surface area contributed by atoms with Crippen LogP contribution in [0.5, 0.6) is 11.5 Å². The Bertz CT molecular complexity index is 760. The summed E-state index contributed by atoms with van der Waals surface area (Å²) in [7, 11) is 0. The standard InChI is InChI=1S/C16H14ClNO5/c1-10-3-4-11(2)15(7-10)22-9-16(19)23-14-6-5-12(18(20)21)8-13(14)17/h3-8H,9H2,1-2H3. The highest BCUT2D eigenvalue weighted by atomic mass is 35.5. The van der Waals surface area contributed by atoms with Crippen molar-refractivity contribution in [3.05, 3.63) is 62.7 Å². The van der Waals surface area contributed by atoms with E-state index in [4.69, 9.17) is 21.1 Å². The average Bonchev–Trinajstić information content (AvgIpc) is 2.50. The molecule has 0 radical (unpaired) electrons. The second kappa shape index (κ2) is 7.11. The van der Waals surface area contributed by atoms with Crippen LogP contribution in [0.4, 0.5) is 5.69 Å². The van der Waals surface area contributed by atoms with Gasteiger partial charge in [-0.2, -0.15) is 0 Å². The van der Waals surface area contributed by atoms with Gasteiger partial charge in [0.1, 0.15) is 11.5 Å². The maximum absolute atomic E-state index is 11.8. The van der Waals surface area contributed by atoms with Gasteiger partial charge in [0.25, 0.3) is 5.69 Å². The summed E-state index contributed by atoms with van der Waals surface area (Å²) >= 11 is 5.86. The number of ether oxygens (including phenoxy) is 2. The topological polar surface area (TPSA) is 78.7 Å². The van der Waals surface area contributed by atoms with Crippen LogP contribution in [0.3, 0.4) is 0 Å². The summed E-state index contributed by atoms with van der Waals surface area (Å²) in [5.41, 5.74) is 1.73. The monoisotopic (exact) mass is 335 g/mol. The lowest BCUT2D eigenvalue weighted by molar-refractivity contribution is -0.384. The molecule has 0 unspecified atom stereocenters. The van der Waals surface area contributed by atoms with Gasteiger partial charge < -0.3 is 9.47 Å². The van der Waals surface area contributed by atoms with Gasteiger partial charge in [-0.3, -0.25) is 10.1 Å². The van der Waals surface area contributed by atoms with Crippen molar-refractivity contribution in [2.75, 3.05) is 6.61 Å². The SMILES string of the molecule is Cc1ccc(C)c(OCC(=O)Oc2ccc([N+](=O)[O-])cc2Cl)c1. The number of nitro benzene ring substituents is 1. The molecule has 0 aromatic heterocycles. The molecule has 6 nitrogen and oxygen atoms in total. The Morgan fingerprint density at radius 1 is 1.17 bits per heavy atom. The number of hydrogen-bond acceptors (Lipinski definition) is 5. The highest BCUT2D eigenvalue weighted by Crippen LogP contribution is 2.28. The first-order chi connectivity index (χ1) is 10.9. The van der Waals surface area contributed by atoms with E-state index < -0.39 is 10.9 Å². The Morgan fingerprint density at radius 3 is 2.57 bits per heavy atom. The van der Waals surface area contributed by atoms with Crippen LogP contribution in [-0.2, 0) is 4.79 Å². The van der Waals surface area contributed by atoms with Crippen molar-refractivity contribution in [3.8, 4) is 11.5 Å². The molecule has 0 aliphatic heterocycles. The highest BCUT2D eigenvalue weighted by molar-refractivity contribution is 6.32. The van der Waals surface area contributed by atoms with Gasteiger partial charge in [0.15, 0.2) is 6.61 Å². The van der Waals surface area contributed by atoms with Gasteiger partial charge in [0.05, 0.1) is 9.95 Å². The highest BCUT2D eigenvalue weighted by Gasteiger charge is 2.14. The van der Waals surface area contributed by atoms with E-state index >= 15 is 0 Å². The zero-order chi connectivity index (χ0) is 17.0. The molecule has 0 N–H and O–H groups in total. The molecule has 0 fully saturated rings. The second-order valence-electron chi connectivity index (χ2n) is 4.90. The van der Waals surface area contributed by atoms with Gasteiger partial charge in [-0.15, -0.1) is 0 Å². The van der Waals surface area contributed by atoms with Crippen molar-refractivity contribution in [1.29, 1.82) is 0 Å². The van der Waals surface area contributed by atoms with Crippen LogP contribution in [0.1, 0.15) is 11.1 Å². The van der Waals surface area contributed by atoms with E-state index in [-0.39, 0.29) is 23.1 Å². The first-order valence-corrected chi connectivity index (χ1v) is 7.09. The van der Waals surface area contributed by atoms with Crippen LogP contribution in [-0.4, -0.2) is 17.5 Å². The van der Waals surface area contributed by atoms with E-state index in [9.17, 15) is 14.9 Å². The molecule has 0 saturated heterocycles. The van der Waals surface area contributed by atoms with Gasteiger partial charge in [-0.05, 0) is 37.1 Å².